The van der Waals surface area contributed by atoms with E-state index in [-0.39, 0.29) is 23.4 Å². The molecule has 0 radical (unpaired) electrons. The summed E-state index contributed by atoms with van der Waals surface area (Å²) < 4.78 is 25.1. The molecule has 1 saturated carbocycles. The molecule has 6 heteroatoms. The molecule has 1 aromatic rings. The van der Waals surface area contributed by atoms with Crippen LogP contribution in [-0.4, -0.2) is 35.8 Å². The van der Waals surface area contributed by atoms with Gasteiger partial charge in [-0.1, -0.05) is 0 Å². The van der Waals surface area contributed by atoms with Crippen LogP contribution in [0.4, 0.5) is 9.18 Å². The number of benzene rings is 1. The highest BCUT2D eigenvalue weighted by Gasteiger charge is 2.55. The van der Waals surface area contributed by atoms with E-state index in [0.29, 0.717) is 10.2 Å². The molecule has 0 bridgehead atoms. The van der Waals surface area contributed by atoms with Crippen molar-refractivity contribution in [2.45, 2.75) is 45.3 Å². The minimum atomic E-state index is -0.462. The van der Waals surface area contributed by atoms with Crippen molar-refractivity contribution in [1.29, 1.82) is 0 Å². The molecule has 1 spiro atoms. The molecular weight excluding hydrogens is 365 g/mol. The van der Waals surface area contributed by atoms with Crippen molar-refractivity contribution in [3.63, 3.8) is 0 Å². The van der Waals surface area contributed by atoms with Crippen molar-refractivity contribution in [2.24, 2.45) is 5.41 Å². The summed E-state index contributed by atoms with van der Waals surface area (Å²) in [4.78, 5) is 13.7. The SMILES string of the molecule is CC(C)(C)OC(=O)N1CC2(CC(Oc3ccc(Br)c(F)c3)C2)C1. The Kier molecular flexibility index (Phi) is 4.07. The summed E-state index contributed by atoms with van der Waals surface area (Å²) in [5.74, 6) is 0.227. The van der Waals surface area contributed by atoms with Crippen molar-refractivity contribution in [3.8, 4) is 5.75 Å². The molecule has 1 aliphatic carbocycles. The Morgan fingerprint density at radius 2 is 2.00 bits per heavy atom. The molecule has 2 aliphatic rings. The fraction of sp³-hybridized carbons (Fsp3) is 0.588. The van der Waals surface area contributed by atoms with E-state index < -0.39 is 5.60 Å². The third-order valence-corrected chi connectivity index (χ3v) is 4.86. The lowest BCUT2D eigenvalue weighted by atomic mass is 9.62. The molecule has 0 aromatic heterocycles. The number of hydrogen-bond acceptors (Lipinski definition) is 3. The molecule has 0 atom stereocenters. The maximum atomic E-state index is 13.5. The Morgan fingerprint density at radius 1 is 1.35 bits per heavy atom. The van der Waals surface area contributed by atoms with E-state index in [1.165, 1.54) is 6.07 Å². The van der Waals surface area contributed by atoms with Gasteiger partial charge in [0.25, 0.3) is 0 Å². The topological polar surface area (TPSA) is 38.8 Å². The molecule has 1 aliphatic heterocycles. The second-order valence-electron chi connectivity index (χ2n) is 7.56. The van der Waals surface area contributed by atoms with E-state index in [9.17, 15) is 9.18 Å². The molecule has 1 amide bonds. The van der Waals surface area contributed by atoms with Gasteiger partial charge in [-0.25, -0.2) is 9.18 Å². The Labute approximate surface area is 144 Å². The van der Waals surface area contributed by atoms with Crippen LogP contribution in [0.1, 0.15) is 33.6 Å². The summed E-state index contributed by atoms with van der Waals surface area (Å²) in [7, 11) is 0. The van der Waals surface area contributed by atoms with Crippen LogP contribution >= 0.6 is 15.9 Å². The summed E-state index contributed by atoms with van der Waals surface area (Å²) >= 11 is 3.13. The standard InChI is InChI=1S/C17H21BrFNO3/c1-16(2,3)23-15(21)20-9-17(10-20)7-12(8-17)22-11-4-5-13(18)14(19)6-11/h4-6,12H,7-10H2,1-3H3. The first-order valence-electron chi connectivity index (χ1n) is 7.75. The largest absolute Gasteiger partial charge is 0.490 e. The van der Waals surface area contributed by atoms with E-state index in [1.54, 1.807) is 17.0 Å². The van der Waals surface area contributed by atoms with Crippen LogP contribution in [0.5, 0.6) is 5.75 Å². The quantitative estimate of drug-likeness (QED) is 0.758. The Bertz CT molecular complexity index is 615. The zero-order valence-electron chi connectivity index (χ0n) is 13.6. The molecule has 2 fully saturated rings. The second-order valence-corrected chi connectivity index (χ2v) is 8.41. The molecule has 1 saturated heterocycles. The van der Waals surface area contributed by atoms with Crippen LogP contribution in [0.2, 0.25) is 0 Å². The number of carbonyl (C=O) groups is 1. The molecule has 1 heterocycles. The Hall–Kier alpha value is -1.30. The molecule has 23 heavy (non-hydrogen) atoms. The first-order valence-corrected chi connectivity index (χ1v) is 8.55. The molecule has 126 valence electrons. The first-order chi connectivity index (χ1) is 10.7. The van der Waals surface area contributed by atoms with Crippen molar-refractivity contribution >= 4 is 22.0 Å². The third kappa shape index (κ3) is 3.62. The average Bonchev–Trinajstić information content (AvgIpc) is 2.32. The fourth-order valence-corrected chi connectivity index (χ4v) is 3.46. The normalized spacial score (nSPS) is 20.0. The van der Waals surface area contributed by atoms with E-state index >= 15 is 0 Å². The zero-order valence-corrected chi connectivity index (χ0v) is 15.2. The number of hydrogen-bond donors (Lipinski definition) is 0. The van der Waals surface area contributed by atoms with Crippen LogP contribution in [0.15, 0.2) is 22.7 Å². The maximum Gasteiger partial charge on any atom is 0.410 e. The van der Waals surface area contributed by atoms with E-state index in [4.69, 9.17) is 9.47 Å². The monoisotopic (exact) mass is 385 g/mol. The summed E-state index contributed by atoms with van der Waals surface area (Å²) in [6.07, 6.45) is 1.63. The van der Waals surface area contributed by atoms with Crippen LogP contribution in [0, 0.1) is 11.2 Å². The third-order valence-electron chi connectivity index (χ3n) is 4.22. The predicted octanol–water partition coefficient (Wildman–Crippen LogP) is 4.37. The van der Waals surface area contributed by atoms with E-state index in [0.717, 1.165) is 25.9 Å². The molecule has 0 unspecified atom stereocenters. The van der Waals surface area contributed by atoms with Gasteiger partial charge < -0.3 is 14.4 Å². The average molecular weight is 386 g/mol. The first kappa shape index (κ1) is 16.6. The zero-order chi connectivity index (χ0) is 16.8. The predicted molar refractivity (Wildman–Crippen MR) is 88.0 cm³/mol. The number of nitrogens with zero attached hydrogens (tertiary/aromatic N) is 1. The van der Waals surface area contributed by atoms with Crippen LogP contribution in [-0.2, 0) is 4.74 Å². The lowest BCUT2D eigenvalue weighted by Gasteiger charge is -2.58. The van der Waals surface area contributed by atoms with Crippen molar-refractivity contribution in [3.05, 3.63) is 28.5 Å². The van der Waals surface area contributed by atoms with Crippen LogP contribution < -0.4 is 4.74 Å². The Balaban J connectivity index is 1.45. The van der Waals surface area contributed by atoms with Gasteiger partial charge in [0.2, 0.25) is 0 Å². The van der Waals surface area contributed by atoms with Gasteiger partial charge in [-0.2, -0.15) is 0 Å². The molecule has 0 N–H and O–H groups in total. The second kappa shape index (κ2) is 5.65. The number of carbonyl (C=O) groups excluding carboxylic acids is 1. The van der Waals surface area contributed by atoms with E-state index in [1.807, 2.05) is 20.8 Å². The van der Waals surface area contributed by atoms with Crippen molar-refractivity contribution in [2.75, 3.05) is 13.1 Å². The van der Waals surface area contributed by atoms with Crippen LogP contribution in [0.25, 0.3) is 0 Å². The summed E-state index contributed by atoms with van der Waals surface area (Å²) in [6.45, 7) is 7.04. The molecule has 1 aromatic carbocycles. The number of likely N-dealkylation sites (tertiary alicyclic amines) is 1. The minimum Gasteiger partial charge on any atom is -0.490 e. The summed E-state index contributed by atoms with van der Waals surface area (Å²) in [6, 6.07) is 4.79. The number of amides is 1. The van der Waals surface area contributed by atoms with Gasteiger partial charge in [0.05, 0.1) is 4.47 Å². The van der Waals surface area contributed by atoms with E-state index in [2.05, 4.69) is 15.9 Å². The highest BCUT2D eigenvalue weighted by Crippen LogP contribution is 2.50. The molecule has 4 nitrogen and oxygen atoms in total. The molecule has 3 rings (SSSR count). The minimum absolute atomic E-state index is 0.0939. The summed E-state index contributed by atoms with van der Waals surface area (Å²) in [5, 5.41) is 0. The number of ether oxygens (including phenoxy) is 2. The smallest absolute Gasteiger partial charge is 0.410 e. The Morgan fingerprint density at radius 3 is 2.57 bits per heavy atom. The van der Waals surface area contributed by atoms with Gasteiger partial charge >= 0.3 is 6.09 Å². The fourth-order valence-electron chi connectivity index (χ4n) is 3.21. The van der Waals surface area contributed by atoms with Crippen molar-refractivity contribution in [1.82, 2.24) is 4.90 Å². The van der Waals surface area contributed by atoms with Gasteiger partial charge in [0, 0.05) is 24.6 Å². The lowest BCUT2D eigenvalue weighted by molar-refractivity contribution is -0.116. The van der Waals surface area contributed by atoms with Gasteiger partial charge in [-0.05, 0) is 61.7 Å². The van der Waals surface area contributed by atoms with Gasteiger partial charge in [-0.3, -0.25) is 0 Å². The molecular formula is C17H21BrFNO3. The maximum absolute atomic E-state index is 13.5. The van der Waals surface area contributed by atoms with Crippen molar-refractivity contribution < 1.29 is 18.7 Å². The summed E-state index contributed by atoms with van der Waals surface area (Å²) in [5.41, 5.74) is -0.299. The lowest BCUT2D eigenvalue weighted by Crippen LogP contribution is -2.66. The van der Waals surface area contributed by atoms with Gasteiger partial charge in [0.1, 0.15) is 23.3 Å². The highest BCUT2D eigenvalue weighted by molar-refractivity contribution is 9.10. The van der Waals surface area contributed by atoms with Gasteiger partial charge in [0.15, 0.2) is 0 Å². The highest BCUT2D eigenvalue weighted by atomic mass is 79.9. The van der Waals surface area contributed by atoms with Crippen LogP contribution in [0.3, 0.4) is 0 Å². The number of halogens is 2. The number of rotatable bonds is 2. The van der Waals surface area contributed by atoms with Gasteiger partial charge in [-0.15, -0.1) is 0 Å².